The molecule has 1 aliphatic heterocycles. The number of nitrogens with two attached hydrogens (primary N) is 1. The van der Waals surface area contributed by atoms with E-state index in [1.54, 1.807) is 19.1 Å². The zero-order valence-electron chi connectivity index (χ0n) is 17.2. The highest BCUT2D eigenvalue weighted by Crippen LogP contribution is 2.30. The number of carbonyl (C=O) groups excluding carboxylic acids is 2. The molecule has 1 fully saturated rings. The fraction of sp³-hybridized carbons (Fsp3) is 0.333. The number of anilines is 2. The normalized spacial score (nSPS) is 14.3. The van der Waals surface area contributed by atoms with Crippen LogP contribution in [-0.2, 0) is 10.0 Å². The maximum atomic E-state index is 14.4. The van der Waals surface area contributed by atoms with E-state index in [4.69, 9.17) is 5.73 Å². The molecule has 1 saturated heterocycles. The summed E-state index contributed by atoms with van der Waals surface area (Å²) in [6.07, 6.45) is 3.09. The summed E-state index contributed by atoms with van der Waals surface area (Å²) in [5.41, 5.74) is 6.14. The molecule has 2 aromatic rings. The van der Waals surface area contributed by atoms with Crippen LogP contribution in [0.5, 0.6) is 0 Å². The third kappa shape index (κ3) is 5.20. The molecule has 31 heavy (non-hydrogen) atoms. The van der Waals surface area contributed by atoms with Crippen molar-refractivity contribution in [2.45, 2.75) is 31.1 Å². The average molecular weight is 449 g/mol. The minimum atomic E-state index is -3.87. The van der Waals surface area contributed by atoms with Gasteiger partial charge in [0, 0.05) is 25.2 Å². The fourth-order valence-electron chi connectivity index (χ4n) is 3.51. The summed E-state index contributed by atoms with van der Waals surface area (Å²) >= 11 is 0. The van der Waals surface area contributed by atoms with Gasteiger partial charge in [0.15, 0.2) is 0 Å². The molecule has 4 N–H and O–H groups in total. The summed E-state index contributed by atoms with van der Waals surface area (Å²) in [6.45, 7) is 3.33. The largest absolute Gasteiger partial charge is 0.370 e. The van der Waals surface area contributed by atoms with Gasteiger partial charge in [-0.25, -0.2) is 17.5 Å². The molecule has 3 rings (SSSR count). The van der Waals surface area contributed by atoms with Gasteiger partial charge in [0.1, 0.15) is 5.82 Å². The number of hydrogen-bond donors (Lipinski definition) is 3. The van der Waals surface area contributed by atoms with Gasteiger partial charge in [-0.1, -0.05) is 6.92 Å². The third-order valence-corrected chi connectivity index (χ3v) is 6.60. The zero-order chi connectivity index (χ0) is 22.6. The number of rotatable bonds is 7. The highest BCUT2D eigenvalue weighted by atomic mass is 32.2. The van der Waals surface area contributed by atoms with E-state index in [0.717, 1.165) is 50.6 Å². The minimum Gasteiger partial charge on any atom is -0.370 e. The van der Waals surface area contributed by atoms with Crippen LogP contribution in [-0.4, -0.2) is 39.9 Å². The van der Waals surface area contributed by atoms with Crippen LogP contribution in [0.4, 0.5) is 15.8 Å². The lowest BCUT2D eigenvalue weighted by Crippen LogP contribution is -2.30. The second kappa shape index (κ2) is 9.44. The van der Waals surface area contributed by atoms with E-state index >= 15 is 0 Å². The van der Waals surface area contributed by atoms with Crippen LogP contribution in [0.2, 0.25) is 0 Å². The predicted molar refractivity (Wildman–Crippen MR) is 116 cm³/mol. The summed E-state index contributed by atoms with van der Waals surface area (Å²) < 4.78 is 41.2. The van der Waals surface area contributed by atoms with Gasteiger partial charge >= 0.3 is 0 Å². The van der Waals surface area contributed by atoms with Crippen molar-refractivity contribution in [3.8, 4) is 0 Å². The Hall–Kier alpha value is -2.98. The van der Waals surface area contributed by atoms with Crippen LogP contribution in [0.1, 0.15) is 46.9 Å². The first kappa shape index (κ1) is 22.7. The molecule has 0 radical (unpaired) electrons. The van der Waals surface area contributed by atoms with Crippen molar-refractivity contribution in [2.24, 2.45) is 5.73 Å². The van der Waals surface area contributed by atoms with E-state index in [2.05, 4.69) is 14.9 Å². The van der Waals surface area contributed by atoms with E-state index in [1.165, 1.54) is 6.07 Å². The quantitative estimate of drug-likeness (QED) is 0.601. The van der Waals surface area contributed by atoms with Crippen LogP contribution in [0, 0.1) is 5.82 Å². The molecular weight excluding hydrogens is 423 g/mol. The van der Waals surface area contributed by atoms with Gasteiger partial charge in [0.05, 0.1) is 21.8 Å². The summed E-state index contributed by atoms with van der Waals surface area (Å²) in [7, 11) is -3.87. The van der Waals surface area contributed by atoms with E-state index < -0.39 is 33.2 Å². The summed E-state index contributed by atoms with van der Waals surface area (Å²) in [6, 6.07) is 7.74. The number of halogens is 1. The maximum absolute atomic E-state index is 14.4. The van der Waals surface area contributed by atoms with Crippen molar-refractivity contribution >= 4 is 33.2 Å². The van der Waals surface area contributed by atoms with Gasteiger partial charge in [0.25, 0.3) is 5.91 Å². The SMILES string of the molecule is CCNS(=O)(=O)c1ccc(F)c(C(=O)Nc2cc(C(N)=O)ccc2N2CCCCC2)c1. The second-order valence-electron chi connectivity index (χ2n) is 7.24. The number of piperidine rings is 1. The number of amides is 2. The van der Waals surface area contributed by atoms with Crippen LogP contribution in [0.3, 0.4) is 0 Å². The number of primary amides is 1. The number of sulfonamides is 1. The molecule has 0 spiro atoms. The Labute approximate surface area is 180 Å². The number of nitrogens with one attached hydrogen (secondary N) is 2. The predicted octanol–water partition coefficient (Wildman–Crippen LogP) is 2.47. The molecule has 1 heterocycles. The molecule has 2 aromatic carbocycles. The highest BCUT2D eigenvalue weighted by molar-refractivity contribution is 7.89. The van der Waals surface area contributed by atoms with E-state index in [1.807, 2.05) is 0 Å². The Morgan fingerprint density at radius 2 is 1.81 bits per heavy atom. The molecule has 0 aliphatic carbocycles. The molecule has 10 heteroatoms. The molecule has 1 aliphatic rings. The standard InChI is InChI=1S/C21H25FN4O4S/c1-2-24-31(29,30)15-7-8-17(22)16(13-15)21(28)25-18-12-14(20(23)27)6-9-19(18)26-10-4-3-5-11-26/h6-9,12-13,24H,2-5,10-11H2,1H3,(H2,23,27)(H,25,28). The molecule has 2 amide bonds. The molecule has 166 valence electrons. The van der Waals surface area contributed by atoms with E-state index in [-0.39, 0.29) is 17.0 Å². The monoisotopic (exact) mass is 448 g/mol. The Bertz CT molecular complexity index is 1100. The smallest absolute Gasteiger partial charge is 0.258 e. The maximum Gasteiger partial charge on any atom is 0.258 e. The Morgan fingerprint density at radius 3 is 2.45 bits per heavy atom. The van der Waals surface area contributed by atoms with Crippen molar-refractivity contribution in [3.05, 3.63) is 53.3 Å². The summed E-state index contributed by atoms with van der Waals surface area (Å²) in [5, 5.41) is 2.63. The fourth-order valence-corrected chi connectivity index (χ4v) is 4.58. The van der Waals surface area contributed by atoms with Crippen molar-refractivity contribution in [3.63, 3.8) is 0 Å². The van der Waals surface area contributed by atoms with Crippen LogP contribution in [0.15, 0.2) is 41.3 Å². The average Bonchev–Trinajstić information content (AvgIpc) is 2.74. The second-order valence-corrected chi connectivity index (χ2v) is 9.01. The van der Waals surface area contributed by atoms with E-state index in [0.29, 0.717) is 11.4 Å². The van der Waals surface area contributed by atoms with Gasteiger partial charge in [-0.3, -0.25) is 9.59 Å². The first-order valence-electron chi connectivity index (χ1n) is 10.0. The Balaban J connectivity index is 1.97. The Kier molecular flexibility index (Phi) is 6.91. The van der Waals surface area contributed by atoms with Crippen molar-refractivity contribution < 1.29 is 22.4 Å². The highest BCUT2D eigenvalue weighted by Gasteiger charge is 2.22. The van der Waals surface area contributed by atoms with Crippen LogP contribution < -0.4 is 20.7 Å². The lowest BCUT2D eigenvalue weighted by atomic mass is 10.1. The topological polar surface area (TPSA) is 122 Å². The van der Waals surface area contributed by atoms with Crippen LogP contribution in [0.25, 0.3) is 0 Å². The van der Waals surface area contributed by atoms with Crippen molar-refractivity contribution in [1.29, 1.82) is 0 Å². The lowest BCUT2D eigenvalue weighted by molar-refractivity contribution is 0.0995. The number of carbonyl (C=O) groups is 2. The van der Waals surface area contributed by atoms with Crippen LogP contribution >= 0.6 is 0 Å². The van der Waals surface area contributed by atoms with Gasteiger partial charge in [-0.15, -0.1) is 0 Å². The number of hydrogen-bond acceptors (Lipinski definition) is 5. The summed E-state index contributed by atoms with van der Waals surface area (Å²) in [5.74, 6) is -2.35. The van der Waals surface area contributed by atoms with Gasteiger partial charge < -0.3 is 16.0 Å². The molecule has 0 saturated carbocycles. The first-order chi connectivity index (χ1) is 14.7. The van der Waals surface area contributed by atoms with Crippen molar-refractivity contribution in [2.75, 3.05) is 29.9 Å². The number of benzene rings is 2. The first-order valence-corrected chi connectivity index (χ1v) is 11.5. The molecule has 0 unspecified atom stereocenters. The molecule has 0 aromatic heterocycles. The molecule has 8 nitrogen and oxygen atoms in total. The van der Waals surface area contributed by atoms with Gasteiger partial charge in [-0.2, -0.15) is 0 Å². The van der Waals surface area contributed by atoms with Crippen molar-refractivity contribution in [1.82, 2.24) is 4.72 Å². The zero-order valence-corrected chi connectivity index (χ0v) is 18.0. The van der Waals surface area contributed by atoms with E-state index in [9.17, 15) is 22.4 Å². The minimum absolute atomic E-state index is 0.153. The molecular formula is C21H25FN4O4S. The summed E-state index contributed by atoms with van der Waals surface area (Å²) in [4.78, 5) is 26.4. The number of nitrogens with zero attached hydrogens (tertiary/aromatic N) is 1. The third-order valence-electron chi connectivity index (χ3n) is 5.05. The Morgan fingerprint density at radius 1 is 1.10 bits per heavy atom. The van der Waals surface area contributed by atoms with Gasteiger partial charge in [0.2, 0.25) is 15.9 Å². The molecule has 0 bridgehead atoms. The lowest BCUT2D eigenvalue weighted by Gasteiger charge is -2.30. The molecule has 0 atom stereocenters. The van der Waals surface area contributed by atoms with Gasteiger partial charge in [-0.05, 0) is 55.7 Å².